The third-order valence-electron chi connectivity index (χ3n) is 8.80. The Labute approximate surface area is 280 Å². The molecule has 14 heteroatoms. The number of nitrogens with zero attached hydrogens (tertiary/aromatic N) is 2. The van der Waals surface area contributed by atoms with E-state index in [1.165, 1.54) is 13.2 Å². The summed E-state index contributed by atoms with van der Waals surface area (Å²) in [6, 6.07) is 7.93. The van der Waals surface area contributed by atoms with E-state index in [9.17, 15) is 24.3 Å². The number of aromatic hydroxyl groups is 1. The molecule has 1 saturated carbocycles. The van der Waals surface area contributed by atoms with Crippen molar-refractivity contribution in [3.8, 4) is 11.5 Å². The molecule has 8 nitrogen and oxygen atoms in total. The second-order valence-corrected chi connectivity index (χ2v) is 14.4. The first kappa shape index (κ1) is 30.4. The summed E-state index contributed by atoms with van der Waals surface area (Å²) in [6.45, 7) is 0. The van der Waals surface area contributed by atoms with E-state index in [0.717, 1.165) is 9.80 Å². The first-order chi connectivity index (χ1) is 19.8. The van der Waals surface area contributed by atoms with Crippen molar-refractivity contribution in [3.05, 3.63) is 61.5 Å². The lowest BCUT2D eigenvalue weighted by atomic mass is 9.56. The molecule has 1 N–H and O–H groups in total. The number of carbonyl (C=O) groups excluding carboxylic acids is 4. The van der Waals surface area contributed by atoms with Crippen LogP contribution in [0.15, 0.2) is 50.9 Å². The number of phenolic OH excluding ortho intramolecular Hbond substituents is 1. The normalized spacial score (nSPS) is 32.1. The van der Waals surface area contributed by atoms with Gasteiger partial charge >= 0.3 is 0 Å². The third kappa shape index (κ3) is 3.89. The molecule has 6 rings (SSSR count). The van der Waals surface area contributed by atoms with Gasteiger partial charge < -0.3 is 9.84 Å². The van der Waals surface area contributed by atoms with Crippen molar-refractivity contribution < 1.29 is 29.0 Å². The van der Waals surface area contributed by atoms with Crippen LogP contribution in [0.5, 0.6) is 11.5 Å². The molecule has 0 bridgehead atoms. The van der Waals surface area contributed by atoms with Gasteiger partial charge in [-0.3, -0.25) is 29.0 Å². The Hall–Kier alpha value is -1.63. The molecule has 42 heavy (non-hydrogen) atoms. The van der Waals surface area contributed by atoms with Crippen LogP contribution < -0.4 is 9.64 Å². The number of anilines is 1. The molecular formula is C28H20Br3Cl3N2O6. The van der Waals surface area contributed by atoms with E-state index in [-0.39, 0.29) is 40.2 Å². The Kier molecular flexibility index (Phi) is 7.59. The summed E-state index contributed by atoms with van der Waals surface area (Å²) in [6.07, 6.45) is 1.90. The van der Waals surface area contributed by atoms with Crippen molar-refractivity contribution >= 4 is 112 Å². The van der Waals surface area contributed by atoms with Crippen molar-refractivity contribution in [1.29, 1.82) is 0 Å². The lowest BCUT2D eigenvalue weighted by molar-refractivity contribution is -0.138. The largest absolute Gasteiger partial charge is 0.503 e. The average Bonchev–Trinajstić information content (AvgIpc) is 3.30. The minimum Gasteiger partial charge on any atom is -0.503 e. The maximum Gasteiger partial charge on any atom is 0.254 e. The Morgan fingerprint density at radius 2 is 1.69 bits per heavy atom. The number of fused-ring (bicyclic) bond motifs is 4. The van der Waals surface area contributed by atoms with E-state index in [4.69, 9.17) is 39.5 Å². The van der Waals surface area contributed by atoms with Crippen LogP contribution >= 0.6 is 82.6 Å². The van der Waals surface area contributed by atoms with Crippen LogP contribution in [0.25, 0.3) is 0 Å². The number of imide groups is 2. The predicted octanol–water partition coefficient (Wildman–Crippen LogP) is 6.50. The maximum absolute atomic E-state index is 14.1. The summed E-state index contributed by atoms with van der Waals surface area (Å²) < 4.78 is 6.00. The first-order valence-electron chi connectivity index (χ1n) is 12.7. The number of carbonyl (C=O) groups is 4. The number of methoxy groups -OCH3 is 1. The van der Waals surface area contributed by atoms with Gasteiger partial charge in [-0.1, -0.05) is 39.2 Å². The van der Waals surface area contributed by atoms with E-state index < -0.39 is 51.1 Å². The minimum atomic E-state index is -2.00. The second-order valence-electron chi connectivity index (χ2n) is 10.6. The van der Waals surface area contributed by atoms with Crippen molar-refractivity contribution in [1.82, 2.24) is 4.90 Å². The van der Waals surface area contributed by atoms with E-state index >= 15 is 0 Å². The molecule has 4 amide bonds. The van der Waals surface area contributed by atoms with Crippen LogP contribution in [0, 0.1) is 17.8 Å². The van der Waals surface area contributed by atoms with Crippen LogP contribution in [0.3, 0.4) is 0 Å². The number of amides is 4. The van der Waals surface area contributed by atoms with E-state index in [2.05, 4.69) is 47.8 Å². The Balaban J connectivity index is 1.56. The molecule has 3 fully saturated rings. The fourth-order valence-electron chi connectivity index (χ4n) is 6.92. The van der Waals surface area contributed by atoms with Gasteiger partial charge in [0.05, 0.1) is 34.6 Å². The fraction of sp³-hybridized carbons (Fsp3) is 0.357. The minimum absolute atomic E-state index is 0.0899. The molecule has 2 aliphatic heterocycles. The summed E-state index contributed by atoms with van der Waals surface area (Å²) in [5.74, 6) is -5.58. The number of hydrogen-bond acceptors (Lipinski definition) is 6. The van der Waals surface area contributed by atoms with Crippen LogP contribution in [-0.2, 0) is 19.2 Å². The Bertz CT molecular complexity index is 1620. The van der Waals surface area contributed by atoms with Crippen molar-refractivity contribution in [2.45, 2.75) is 28.5 Å². The van der Waals surface area contributed by atoms with Gasteiger partial charge in [0.1, 0.15) is 0 Å². The Morgan fingerprint density at radius 3 is 2.31 bits per heavy atom. The number of rotatable bonds is 4. The highest BCUT2D eigenvalue weighted by atomic mass is 79.9. The van der Waals surface area contributed by atoms with Gasteiger partial charge in [0.2, 0.25) is 11.8 Å². The van der Waals surface area contributed by atoms with Gasteiger partial charge in [-0.25, -0.2) is 0 Å². The van der Waals surface area contributed by atoms with Crippen LogP contribution in [0.4, 0.5) is 5.69 Å². The van der Waals surface area contributed by atoms with E-state index in [1.54, 1.807) is 24.3 Å². The van der Waals surface area contributed by atoms with Crippen molar-refractivity contribution in [2.24, 2.45) is 17.8 Å². The molecule has 4 aliphatic rings. The van der Waals surface area contributed by atoms with E-state index in [1.807, 2.05) is 6.08 Å². The summed E-state index contributed by atoms with van der Waals surface area (Å²) in [5.41, 5.74) is 1.27. The van der Waals surface area contributed by atoms with Gasteiger partial charge in [0.25, 0.3) is 11.8 Å². The van der Waals surface area contributed by atoms with Crippen molar-refractivity contribution in [3.63, 3.8) is 0 Å². The van der Waals surface area contributed by atoms with Gasteiger partial charge in [-0.15, -0.1) is 23.2 Å². The lowest BCUT2D eigenvalue weighted by Gasteiger charge is -2.51. The van der Waals surface area contributed by atoms with E-state index in [0.29, 0.717) is 26.3 Å². The molecule has 2 saturated heterocycles. The van der Waals surface area contributed by atoms with Crippen LogP contribution in [-0.4, -0.2) is 55.9 Å². The summed E-state index contributed by atoms with van der Waals surface area (Å²) >= 11 is 30.7. The second kappa shape index (κ2) is 10.5. The summed E-state index contributed by atoms with van der Waals surface area (Å²) in [7, 11) is 1.38. The van der Waals surface area contributed by atoms with Gasteiger partial charge in [0, 0.05) is 15.4 Å². The highest BCUT2D eigenvalue weighted by Crippen LogP contribution is 2.66. The SMILES string of the molecule is COc1cc(C2C3=CCC4C(=O)N(c5ccc(Cl)cc5)C(=O)C4C3CC3(Cl)C(=O)N(CBr)C(=O)C23Cl)c(Br)c(Br)c1O. The quantitative estimate of drug-likeness (QED) is 0.164. The molecular weight excluding hydrogens is 806 g/mol. The highest BCUT2D eigenvalue weighted by Gasteiger charge is 2.76. The molecule has 2 aromatic carbocycles. The van der Waals surface area contributed by atoms with Crippen LogP contribution in [0.2, 0.25) is 5.02 Å². The zero-order valence-electron chi connectivity index (χ0n) is 21.5. The number of halogens is 6. The number of likely N-dealkylation sites (tertiary alicyclic amines) is 1. The first-order valence-corrected chi connectivity index (χ1v) is 16.6. The van der Waals surface area contributed by atoms with Crippen molar-refractivity contribution in [2.75, 3.05) is 17.5 Å². The number of benzene rings is 2. The van der Waals surface area contributed by atoms with Gasteiger partial charge in [-0.05, 0) is 86.5 Å². The highest BCUT2D eigenvalue weighted by molar-refractivity contribution is 9.13. The summed E-state index contributed by atoms with van der Waals surface area (Å²) in [4.78, 5) is 53.7. The smallest absolute Gasteiger partial charge is 0.254 e. The molecule has 2 aromatic rings. The topological polar surface area (TPSA) is 104 Å². The van der Waals surface area contributed by atoms with Crippen LogP contribution in [0.1, 0.15) is 24.3 Å². The zero-order chi connectivity index (χ0) is 30.5. The molecule has 220 valence electrons. The lowest BCUT2D eigenvalue weighted by Crippen LogP contribution is -2.60. The standard InChI is InChI=1S/C28H20Br3Cl3N2O6/c1-42-17-8-15(20(30)21(31)22(17)37)19-13-6-7-14-18(24(39)36(23(14)38)12-4-2-11(32)3-5-12)16(13)9-27(33)25(40)35(10-29)26(41)28(19,27)34/h2-6,8,14,16,18-19,37H,7,9-10H2,1H3. The molecule has 0 spiro atoms. The Morgan fingerprint density at radius 1 is 1.02 bits per heavy atom. The number of phenols is 1. The summed E-state index contributed by atoms with van der Waals surface area (Å²) in [5, 5.41) is 11.1. The number of ether oxygens (including phenoxy) is 1. The predicted molar refractivity (Wildman–Crippen MR) is 167 cm³/mol. The average molecular weight is 827 g/mol. The third-order valence-corrected chi connectivity index (χ3v) is 13.1. The molecule has 2 aliphatic carbocycles. The molecule has 0 radical (unpaired) electrons. The molecule has 6 unspecified atom stereocenters. The maximum atomic E-state index is 14.1. The van der Waals surface area contributed by atoms with Gasteiger partial charge in [0.15, 0.2) is 21.2 Å². The number of allylic oxidation sites excluding steroid dienone is 2. The zero-order valence-corrected chi connectivity index (χ0v) is 28.6. The molecule has 2 heterocycles. The molecule has 6 atom stereocenters. The number of alkyl halides is 3. The van der Waals surface area contributed by atoms with Gasteiger partial charge in [-0.2, -0.15) is 0 Å². The fourth-order valence-corrected chi connectivity index (χ4v) is 9.42. The number of hydrogen-bond donors (Lipinski definition) is 1. The monoisotopic (exact) mass is 822 g/mol. The molecule has 0 aromatic heterocycles.